The topological polar surface area (TPSA) is 87.0 Å². The number of hydrogen-bond acceptors (Lipinski definition) is 7. The van der Waals surface area contributed by atoms with Crippen LogP contribution in [0.3, 0.4) is 0 Å². The summed E-state index contributed by atoms with van der Waals surface area (Å²) in [5, 5.41) is 0.0687. The van der Waals surface area contributed by atoms with E-state index in [4.69, 9.17) is 16.3 Å². The molecule has 5 rings (SSSR count). The molecule has 4 aromatic rings. The number of imidazole rings is 1. The van der Waals surface area contributed by atoms with Crippen LogP contribution in [0.2, 0.25) is 5.02 Å². The van der Waals surface area contributed by atoms with Crippen molar-refractivity contribution in [3.8, 4) is 17.0 Å². The first-order valence-electron chi connectivity index (χ1n) is 13.4. The number of anilines is 1. The molecule has 1 N–H and O–H groups in total. The average Bonchev–Trinajstić information content (AvgIpc) is 3.32. The lowest BCUT2D eigenvalue weighted by Gasteiger charge is -2.34. The van der Waals surface area contributed by atoms with Crippen molar-refractivity contribution in [3.63, 3.8) is 0 Å². The second kappa shape index (κ2) is 12.5. The third kappa shape index (κ3) is 6.06. The molecule has 1 aliphatic rings. The standard InChI is InChI=1S/C28H33ClF2N7O3S/c1-34(2)10-4-11-35-13-15-36(16-14-35)42(39,40)25-8-5-20(17-22(25)29)33-38-19-23(37-12-9-32-18-26(37)38)21-6-7-24(41-3)28(31)27(21)30/h5-9,12,17-19,33H,4,10-11,13-16H2,1-3H3/q+1. The van der Waals surface area contributed by atoms with Gasteiger partial charge < -0.3 is 14.5 Å². The quantitative estimate of drug-likeness (QED) is 0.272. The molecule has 0 saturated carbocycles. The molecule has 224 valence electrons. The number of piperazine rings is 1. The normalized spacial score (nSPS) is 15.0. The highest BCUT2D eigenvalue weighted by Crippen LogP contribution is 2.31. The first kappa shape index (κ1) is 30.1. The maximum Gasteiger partial charge on any atom is 0.329 e. The Hall–Kier alpha value is -3.36. The van der Waals surface area contributed by atoms with Gasteiger partial charge in [-0.3, -0.25) is 4.98 Å². The molecule has 1 aliphatic heterocycles. The third-order valence-electron chi connectivity index (χ3n) is 7.25. The SMILES string of the molecule is COc1ccc(-c2cn(Nc3ccc(S(=O)(=O)N4CCN(CCCN(C)C)CC4)c(Cl)c3)c3cncc[n+]23)c(F)c1F. The van der Waals surface area contributed by atoms with Gasteiger partial charge in [-0.25, -0.2) is 18.2 Å². The molecular formula is C28H33ClF2N7O3S+. The first-order valence-corrected chi connectivity index (χ1v) is 15.2. The number of rotatable bonds is 10. The van der Waals surface area contributed by atoms with Gasteiger partial charge >= 0.3 is 5.65 Å². The molecule has 0 atom stereocenters. The van der Waals surface area contributed by atoms with Crippen LogP contribution in [-0.4, -0.2) is 92.7 Å². The van der Waals surface area contributed by atoms with E-state index in [9.17, 15) is 17.2 Å². The van der Waals surface area contributed by atoms with Gasteiger partial charge in [0, 0.05) is 26.2 Å². The van der Waals surface area contributed by atoms with Crippen LogP contribution in [0.25, 0.3) is 16.9 Å². The average molecular weight is 621 g/mol. The largest absolute Gasteiger partial charge is 0.494 e. The van der Waals surface area contributed by atoms with Gasteiger partial charge in [0.15, 0.2) is 23.5 Å². The molecule has 0 spiro atoms. The molecule has 3 heterocycles. The van der Waals surface area contributed by atoms with E-state index in [1.165, 1.54) is 41.9 Å². The number of ether oxygens (including phenoxy) is 1. The lowest BCUT2D eigenvalue weighted by molar-refractivity contribution is -0.499. The highest BCUT2D eigenvalue weighted by Gasteiger charge is 2.30. The number of methoxy groups -OCH3 is 1. The fourth-order valence-electron chi connectivity index (χ4n) is 5.02. The number of sulfonamides is 1. The van der Waals surface area contributed by atoms with Crippen LogP contribution >= 0.6 is 11.6 Å². The van der Waals surface area contributed by atoms with Crippen molar-refractivity contribution in [1.29, 1.82) is 0 Å². The van der Waals surface area contributed by atoms with E-state index in [0.717, 1.165) is 19.5 Å². The molecule has 2 aromatic carbocycles. The molecule has 0 bridgehead atoms. The van der Waals surface area contributed by atoms with E-state index in [-0.39, 0.29) is 21.2 Å². The minimum atomic E-state index is -3.79. The Morgan fingerprint density at radius 2 is 1.88 bits per heavy atom. The maximum absolute atomic E-state index is 15.0. The zero-order chi connectivity index (χ0) is 30.0. The summed E-state index contributed by atoms with van der Waals surface area (Å²) in [7, 11) is 1.55. The second-order valence-electron chi connectivity index (χ2n) is 10.3. The van der Waals surface area contributed by atoms with Crippen molar-refractivity contribution >= 4 is 33.0 Å². The lowest BCUT2D eigenvalue weighted by Crippen LogP contribution is -2.49. The number of halogens is 3. The summed E-state index contributed by atoms with van der Waals surface area (Å²) >= 11 is 6.52. The second-order valence-corrected chi connectivity index (χ2v) is 12.6. The Morgan fingerprint density at radius 1 is 1.12 bits per heavy atom. The van der Waals surface area contributed by atoms with Gasteiger partial charge in [-0.15, -0.1) is 4.68 Å². The molecule has 1 saturated heterocycles. The monoisotopic (exact) mass is 620 g/mol. The van der Waals surface area contributed by atoms with Crippen molar-refractivity contribution < 1.29 is 26.3 Å². The third-order valence-corrected chi connectivity index (χ3v) is 9.63. The molecule has 2 aromatic heterocycles. The zero-order valence-electron chi connectivity index (χ0n) is 23.6. The molecule has 1 fully saturated rings. The fourth-order valence-corrected chi connectivity index (χ4v) is 6.96. The molecule has 10 nitrogen and oxygen atoms in total. The smallest absolute Gasteiger partial charge is 0.329 e. The van der Waals surface area contributed by atoms with Gasteiger partial charge in [-0.05, 0) is 63.9 Å². The predicted octanol–water partition coefficient (Wildman–Crippen LogP) is 3.36. The first-order chi connectivity index (χ1) is 20.1. The van der Waals surface area contributed by atoms with Crippen molar-refractivity contribution in [2.24, 2.45) is 0 Å². The Labute approximate surface area is 248 Å². The summed E-state index contributed by atoms with van der Waals surface area (Å²) in [6.07, 6.45) is 7.30. The molecule has 42 heavy (non-hydrogen) atoms. The Balaban J connectivity index is 1.35. The number of aromatic nitrogens is 3. The van der Waals surface area contributed by atoms with E-state index in [0.29, 0.717) is 43.2 Å². The molecule has 0 amide bonds. The van der Waals surface area contributed by atoms with Crippen molar-refractivity contribution in [2.75, 3.05) is 65.9 Å². The zero-order valence-corrected chi connectivity index (χ0v) is 25.2. The number of nitrogens with one attached hydrogen (secondary N) is 1. The van der Waals surface area contributed by atoms with E-state index < -0.39 is 21.7 Å². The van der Waals surface area contributed by atoms with E-state index in [1.54, 1.807) is 33.7 Å². The van der Waals surface area contributed by atoms with E-state index >= 15 is 0 Å². The summed E-state index contributed by atoms with van der Waals surface area (Å²) in [5.41, 5.74) is 4.51. The molecule has 0 radical (unpaired) electrons. The van der Waals surface area contributed by atoms with E-state index in [1.807, 2.05) is 14.1 Å². The van der Waals surface area contributed by atoms with Gasteiger partial charge in [-0.1, -0.05) is 11.6 Å². The van der Waals surface area contributed by atoms with Crippen LogP contribution in [0.4, 0.5) is 14.5 Å². The predicted molar refractivity (Wildman–Crippen MR) is 156 cm³/mol. The lowest BCUT2D eigenvalue weighted by atomic mass is 10.1. The van der Waals surface area contributed by atoms with Gasteiger partial charge in [0.1, 0.15) is 17.3 Å². The summed E-state index contributed by atoms with van der Waals surface area (Å²) in [6.45, 7) is 4.03. The number of benzene rings is 2. The number of hydrogen-bond donors (Lipinski definition) is 1. The van der Waals surface area contributed by atoms with Crippen LogP contribution in [0, 0.1) is 11.6 Å². The highest BCUT2D eigenvalue weighted by molar-refractivity contribution is 7.89. The van der Waals surface area contributed by atoms with Crippen molar-refractivity contribution in [3.05, 3.63) is 71.8 Å². The van der Waals surface area contributed by atoms with Crippen LogP contribution in [0.1, 0.15) is 6.42 Å². The summed E-state index contributed by atoms with van der Waals surface area (Å²) < 4.78 is 65.9. The van der Waals surface area contributed by atoms with Crippen LogP contribution < -0.4 is 14.6 Å². The highest BCUT2D eigenvalue weighted by atomic mass is 35.5. The Bertz CT molecular complexity index is 1690. The summed E-state index contributed by atoms with van der Waals surface area (Å²) in [5.74, 6) is -2.34. The number of nitrogens with zero attached hydrogens (tertiary/aromatic N) is 6. The molecule has 0 aliphatic carbocycles. The molecule has 14 heteroatoms. The Morgan fingerprint density at radius 3 is 2.57 bits per heavy atom. The van der Waals surface area contributed by atoms with Gasteiger partial charge in [0.2, 0.25) is 15.8 Å². The minimum Gasteiger partial charge on any atom is -0.494 e. The van der Waals surface area contributed by atoms with E-state index in [2.05, 4.69) is 20.2 Å². The molecule has 0 unspecified atom stereocenters. The van der Waals surface area contributed by atoms with Gasteiger partial charge in [0.25, 0.3) is 0 Å². The van der Waals surface area contributed by atoms with Crippen LogP contribution in [0.15, 0.2) is 60.0 Å². The fraction of sp³-hybridized carbons (Fsp3) is 0.357. The van der Waals surface area contributed by atoms with Crippen molar-refractivity contribution in [1.82, 2.24) is 23.8 Å². The molecular weight excluding hydrogens is 588 g/mol. The Kier molecular flexibility index (Phi) is 8.94. The van der Waals surface area contributed by atoms with Gasteiger partial charge in [0.05, 0.1) is 29.6 Å². The summed E-state index contributed by atoms with van der Waals surface area (Å²) in [6, 6.07) is 7.39. The minimum absolute atomic E-state index is 0.0207. The van der Waals surface area contributed by atoms with Crippen molar-refractivity contribution in [2.45, 2.75) is 11.3 Å². The van der Waals surface area contributed by atoms with Crippen LogP contribution in [0.5, 0.6) is 5.75 Å². The maximum atomic E-state index is 15.0. The number of fused-ring (bicyclic) bond motifs is 1. The van der Waals surface area contributed by atoms with Crippen LogP contribution in [-0.2, 0) is 10.0 Å². The van der Waals surface area contributed by atoms with Gasteiger partial charge in [-0.2, -0.15) is 13.1 Å². The summed E-state index contributed by atoms with van der Waals surface area (Å²) in [4.78, 5) is 8.59.